The maximum Gasteiger partial charge on any atom is 0.0722 e. The van der Waals surface area contributed by atoms with Crippen molar-refractivity contribution in [2.45, 2.75) is 32.9 Å². The Morgan fingerprint density at radius 2 is 1.94 bits per heavy atom. The SMILES string of the molecule is CC(C)C1CNC(c2ccccc2)C(C)CO1. The minimum absolute atomic E-state index is 0.339. The van der Waals surface area contributed by atoms with Gasteiger partial charge < -0.3 is 10.1 Å². The first-order valence-corrected chi connectivity index (χ1v) is 6.58. The van der Waals surface area contributed by atoms with Crippen molar-refractivity contribution in [3.63, 3.8) is 0 Å². The molecule has 1 heterocycles. The average Bonchev–Trinajstić information content (AvgIpc) is 2.52. The molecule has 1 aromatic rings. The van der Waals surface area contributed by atoms with Gasteiger partial charge in [0.05, 0.1) is 12.7 Å². The standard InChI is InChI=1S/C15H23NO/c1-11(2)14-9-16-15(12(3)10-17-14)13-7-5-4-6-8-13/h4-8,11-12,14-16H,9-10H2,1-3H3. The molecule has 1 aromatic carbocycles. The topological polar surface area (TPSA) is 21.3 Å². The van der Waals surface area contributed by atoms with Crippen LogP contribution in [0.25, 0.3) is 0 Å². The number of nitrogens with one attached hydrogen (secondary N) is 1. The monoisotopic (exact) mass is 233 g/mol. The van der Waals surface area contributed by atoms with E-state index in [9.17, 15) is 0 Å². The fourth-order valence-electron chi connectivity index (χ4n) is 2.41. The molecule has 1 saturated heterocycles. The van der Waals surface area contributed by atoms with Crippen LogP contribution in [0.1, 0.15) is 32.4 Å². The lowest BCUT2D eigenvalue weighted by Gasteiger charge is -2.22. The van der Waals surface area contributed by atoms with Crippen molar-refractivity contribution in [3.8, 4) is 0 Å². The van der Waals surface area contributed by atoms with Gasteiger partial charge in [0.15, 0.2) is 0 Å². The molecule has 0 radical (unpaired) electrons. The summed E-state index contributed by atoms with van der Waals surface area (Å²) in [5.41, 5.74) is 1.37. The number of hydrogen-bond donors (Lipinski definition) is 1. The first-order valence-electron chi connectivity index (χ1n) is 6.58. The van der Waals surface area contributed by atoms with Crippen LogP contribution in [-0.4, -0.2) is 19.3 Å². The summed E-state index contributed by atoms with van der Waals surface area (Å²) in [6, 6.07) is 11.1. The average molecular weight is 233 g/mol. The second kappa shape index (κ2) is 5.65. The quantitative estimate of drug-likeness (QED) is 0.848. The first-order chi connectivity index (χ1) is 8.18. The van der Waals surface area contributed by atoms with Crippen LogP contribution in [0.5, 0.6) is 0 Å². The Hall–Kier alpha value is -0.860. The molecule has 0 aromatic heterocycles. The Morgan fingerprint density at radius 3 is 2.59 bits per heavy atom. The Labute approximate surface area is 104 Å². The molecule has 2 heteroatoms. The molecule has 0 spiro atoms. The van der Waals surface area contributed by atoms with Crippen LogP contribution in [0.3, 0.4) is 0 Å². The Balaban J connectivity index is 2.09. The van der Waals surface area contributed by atoms with E-state index in [2.05, 4.69) is 56.4 Å². The molecule has 2 nitrogen and oxygen atoms in total. The summed E-state index contributed by atoms with van der Waals surface area (Å²) in [6.45, 7) is 8.49. The van der Waals surface area contributed by atoms with Gasteiger partial charge in [0.25, 0.3) is 0 Å². The molecular formula is C15H23NO. The van der Waals surface area contributed by atoms with Gasteiger partial charge in [-0.3, -0.25) is 0 Å². The molecule has 1 aliphatic heterocycles. The van der Waals surface area contributed by atoms with E-state index in [0.717, 1.165) is 13.2 Å². The van der Waals surface area contributed by atoms with E-state index in [1.807, 2.05) is 0 Å². The highest BCUT2D eigenvalue weighted by atomic mass is 16.5. The third-order valence-electron chi connectivity index (χ3n) is 3.58. The zero-order valence-corrected chi connectivity index (χ0v) is 11.0. The third kappa shape index (κ3) is 3.08. The van der Waals surface area contributed by atoms with Crippen molar-refractivity contribution in [1.82, 2.24) is 5.32 Å². The highest BCUT2D eigenvalue weighted by molar-refractivity contribution is 5.19. The Bertz CT molecular complexity index is 336. The Kier molecular flexibility index (Phi) is 4.19. The van der Waals surface area contributed by atoms with Crippen LogP contribution in [0.4, 0.5) is 0 Å². The summed E-state index contributed by atoms with van der Waals surface area (Å²) in [5.74, 6) is 1.09. The lowest BCUT2D eigenvalue weighted by atomic mass is 9.95. The predicted octanol–water partition coefficient (Wildman–Crippen LogP) is 3.01. The molecule has 0 amide bonds. The predicted molar refractivity (Wildman–Crippen MR) is 70.9 cm³/mol. The number of rotatable bonds is 2. The van der Waals surface area contributed by atoms with Crippen LogP contribution in [0.15, 0.2) is 30.3 Å². The minimum Gasteiger partial charge on any atom is -0.376 e. The van der Waals surface area contributed by atoms with Gasteiger partial charge in [-0.2, -0.15) is 0 Å². The molecule has 3 unspecified atom stereocenters. The number of ether oxygens (including phenoxy) is 1. The molecule has 0 bridgehead atoms. The second-order valence-corrected chi connectivity index (χ2v) is 5.39. The van der Waals surface area contributed by atoms with E-state index in [0.29, 0.717) is 24.0 Å². The molecule has 3 atom stereocenters. The van der Waals surface area contributed by atoms with Crippen molar-refractivity contribution in [2.24, 2.45) is 11.8 Å². The zero-order chi connectivity index (χ0) is 12.3. The fourth-order valence-corrected chi connectivity index (χ4v) is 2.41. The van der Waals surface area contributed by atoms with Crippen LogP contribution in [0, 0.1) is 11.8 Å². The minimum atomic E-state index is 0.339. The van der Waals surface area contributed by atoms with Gasteiger partial charge in [-0.05, 0) is 17.4 Å². The Morgan fingerprint density at radius 1 is 1.24 bits per heavy atom. The summed E-state index contributed by atoms with van der Waals surface area (Å²) in [6.07, 6.45) is 0.339. The van der Waals surface area contributed by atoms with E-state index < -0.39 is 0 Å². The van der Waals surface area contributed by atoms with Crippen LogP contribution in [-0.2, 0) is 4.74 Å². The highest BCUT2D eigenvalue weighted by Crippen LogP contribution is 2.25. The van der Waals surface area contributed by atoms with Crippen molar-refractivity contribution in [1.29, 1.82) is 0 Å². The number of benzene rings is 1. The van der Waals surface area contributed by atoms with Gasteiger partial charge in [-0.1, -0.05) is 51.1 Å². The fraction of sp³-hybridized carbons (Fsp3) is 0.600. The second-order valence-electron chi connectivity index (χ2n) is 5.39. The van der Waals surface area contributed by atoms with Gasteiger partial charge in [-0.15, -0.1) is 0 Å². The maximum atomic E-state index is 5.97. The maximum absolute atomic E-state index is 5.97. The van der Waals surface area contributed by atoms with Crippen LogP contribution >= 0.6 is 0 Å². The lowest BCUT2D eigenvalue weighted by molar-refractivity contribution is 0.0217. The normalized spacial score (nSPS) is 30.2. The molecule has 94 valence electrons. The summed E-state index contributed by atoms with van der Waals surface area (Å²) in [7, 11) is 0. The van der Waals surface area contributed by atoms with Crippen molar-refractivity contribution < 1.29 is 4.74 Å². The van der Waals surface area contributed by atoms with E-state index in [4.69, 9.17) is 4.74 Å². The zero-order valence-electron chi connectivity index (χ0n) is 11.0. The summed E-state index contributed by atoms with van der Waals surface area (Å²) >= 11 is 0. The summed E-state index contributed by atoms with van der Waals surface area (Å²) in [5, 5.41) is 3.65. The van der Waals surface area contributed by atoms with Crippen molar-refractivity contribution in [2.75, 3.05) is 13.2 Å². The largest absolute Gasteiger partial charge is 0.376 e. The molecular weight excluding hydrogens is 210 g/mol. The molecule has 0 saturated carbocycles. The highest BCUT2D eigenvalue weighted by Gasteiger charge is 2.26. The van der Waals surface area contributed by atoms with Crippen LogP contribution < -0.4 is 5.32 Å². The smallest absolute Gasteiger partial charge is 0.0722 e. The van der Waals surface area contributed by atoms with Crippen LogP contribution in [0.2, 0.25) is 0 Å². The summed E-state index contributed by atoms with van der Waals surface area (Å²) < 4.78 is 5.97. The van der Waals surface area contributed by atoms with E-state index in [1.54, 1.807) is 0 Å². The molecule has 1 fully saturated rings. The van der Waals surface area contributed by atoms with Gasteiger partial charge in [0.1, 0.15) is 0 Å². The lowest BCUT2D eigenvalue weighted by Crippen LogP contribution is -2.32. The summed E-state index contributed by atoms with van der Waals surface area (Å²) in [4.78, 5) is 0. The molecule has 0 aliphatic carbocycles. The van der Waals surface area contributed by atoms with Crippen molar-refractivity contribution in [3.05, 3.63) is 35.9 Å². The first kappa shape index (κ1) is 12.6. The van der Waals surface area contributed by atoms with Crippen molar-refractivity contribution >= 4 is 0 Å². The molecule has 2 rings (SSSR count). The molecule has 1 N–H and O–H groups in total. The van der Waals surface area contributed by atoms with Gasteiger partial charge >= 0.3 is 0 Å². The molecule has 17 heavy (non-hydrogen) atoms. The van der Waals surface area contributed by atoms with E-state index >= 15 is 0 Å². The van der Waals surface area contributed by atoms with Gasteiger partial charge in [-0.25, -0.2) is 0 Å². The van der Waals surface area contributed by atoms with E-state index in [1.165, 1.54) is 5.56 Å². The van der Waals surface area contributed by atoms with Gasteiger partial charge in [0, 0.05) is 12.6 Å². The van der Waals surface area contributed by atoms with E-state index in [-0.39, 0.29) is 0 Å². The molecule has 1 aliphatic rings. The third-order valence-corrected chi connectivity index (χ3v) is 3.58. The van der Waals surface area contributed by atoms with Gasteiger partial charge in [0.2, 0.25) is 0 Å². The number of hydrogen-bond acceptors (Lipinski definition) is 2.